The maximum Gasteiger partial charge on any atom is 0.271 e. The number of nitrogens with zero attached hydrogens (tertiary/aromatic N) is 3. The summed E-state index contributed by atoms with van der Waals surface area (Å²) in [4.78, 5) is 19.0. The number of benzene rings is 1. The standard InChI is InChI=1S/C21H15ClF3N5O4S/c1-26-20(31)18-14-6-3-11(19(25)30(14)9-28-18)16-12(23)4-5-13(17(16)24)29-35(32,33)15-7-10(22)8-27-21(15)34-2/h3-9,29H,1-2H3,(H,26,31). The van der Waals surface area contributed by atoms with Crippen LogP contribution in [-0.4, -0.2) is 42.9 Å². The number of hydrogen-bond acceptors (Lipinski definition) is 6. The SMILES string of the molecule is CNC(=O)c1ncn2c(F)c(-c3c(F)ccc(NS(=O)(=O)c4cc(Cl)cnc4OC)c3F)ccc12. The summed E-state index contributed by atoms with van der Waals surface area (Å²) < 4.78 is 78.9. The quantitative estimate of drug-likeness (QED) is 0.371. The van der Waals surface area contributed by atoms with E-state index >= 15 is 8.78 Å². The van der Waals surface area contributed by atoms with Crippen molar-refractivity contribution < 1.29 is 31.1 Å². The number of aromatic nitrogens is 3. The van der Waals surface area contributed by atoms with Gasteiger partial charge in [0.15, 0.2) is 16.4 Å². The number of amides is 1. The summed E-state index contributed by atoms with van der Waals surface area (Å²) >= 11 is 5.83. The summed E-state index contributed by atoms with van der Waals surface area (Å²) in [5, 5.41) is 2.32. The highest BCUT2D eigenvalue weighted by Gasteiger charge is 2.26. The van der Waals surface area contributed by atoms with Crippen LogP contribution in [-0.2, 0) is 10.0 Å². The van der Waals surface area contributed by atoms with E-state index in [4.69, 9.17) is 16.3 Å². The Bertz CT molecular complexity index is 1590. The van der Waals surface area contributed by atoms with Crippen molar-refractivity contribution in [2.24, 2.45) is 0 Å². The number of sulfonamides is 1. The second kappa shape index (κ2) is 9.07. The predicted octanol–water partition coefficient (Wildman–Crippen LogP) is 3.64. The fraction of sp³-hybridized carbons (Fsp3) is 0.0952. The molecular weight excluding hydrogens is 511 g/mol. The van der Waals surface area contributed by atoms with Crippen molar-refractivity contribution in [2.45, 2.75) is 4.90 Å². The molecule has 0 aliphatic heterocycles. The Labute approximate surface area is 201 Å². The fourth-order valence-electron chi connectivity index (χ4n) is 3.35. The van der Waals surface area contributed by atoms with Gasteiger partial charge in [-0.1, -0.05) is 11.6 Å². The van der Waals surface area contributed by atoms with Crippen LogP contribution in [0.1, 0.15) is 10.5 Å². The third-order valence-corrected chi connectivity index (χ3v) is 6.53. The van der Waals surface area contributed by atoms with Crippen molar-refractivity contribution >= 4 is 38.7 Å². The van der Waals surface area contributed by atoms with E-state index < -0.39 is 55.2 Å². The molecule has 9 nitrogen and oxygen atoms in total. The molecular formula is C21H15ClF3N5O4S. The number of hydrogen-bond donors (Lipinski definition) is 2. The fourth-order valence-corrected chi connectivity index (χ4v) is 4.77. The molecule has 0 aliphatic rings. The second-order valence-electron chi connectivity index (χ2n) is 7.02. The van der Waals surface area contributed by atoms with Crippen LogP contribution in [0.5, 0.6) is 5.88 Å². The number of pyridine rings is 2. The third-order valence-electron chi connectivity index (χ3n) is 4.96. The number of rotatable bonds is 6. The number of halogens is 4. The van der Waals surface area contributed by atoms with Crippen LogP contribution in [0, 0.1) is 17.6 Å². The molecule has 0 fully saturated rings. The summed E-state index contributed by atoms with van der Waals surface area (Å²) in [6, 6.07) is 4.97. The number of fused-ring (bicyclic) bond motifs is 1. The Hall–Kier alpha value is -3.84. The van der Waals surface area contributed by atoms with Crippen LogP contribution >= 0.6 is 11.6 Å². The Balaban J connectivity index is 1.82. The smallest absolute Gasteiger partial charge is 0.271 e. The molecule has 0 saturated heterocycles. The molecule has 4 aromatic rings. The van der Waals surface area contributed by atoms with E-state index in [1.165, 1.54) is 20.2 Å². The molecule has 2 N–H and O–H groups in total. The van der Waals surface area contributed by atoms with Gasteiger partial charge in [0.05, 0.1) is 28.9 Å². The average Bonchev–Trinajstić information content (AvgIpc) is 3.27. The first-order chi connectivity index (χ1) is 16.6. The minimum Gasteiger partial charge on any atom is -0.480 e. The van der Waals surface area contributed by atoms with Crippen molar-refractivity contribution in [3.05, 3.63) is 71.2 Å². The molecule has 1 aromatic carbocycles. The van der Waals surface area contributed by atoms with Crippen LogP contribution in [0.2, 0.25) is 5.02 Å². The molecule has 1 amide bonds. The molecule has 0 unspecified atom stereocenters. The number of imidazole rings is 1. The van der Waals surface area contributed by atoms with Crippen LogP contribution in [0.25, 0.3) is 16.6 Å². The van der Waals surface area contributed by atoms with E-state index in [1.54, 1.807) is 0 Å². The van der Waals surface area contributed by atoms with Gasteiger partial charge in [0.2, 0.25) is 11.8 Å². The van der Waals surface area contributed by atoms with Gasteiger partial charge in [0.25, 0.3) is 15.9 Å². The Kier molecular flexibility index (Phi) is 6.30. The van der Waals surface area contributed by atoms with Crippen molar-refractivity contribution in [2.75, 3.05) is 18.9 Å². The van der Waals surface area contributed by atoms with Gasteiger partial charge < -0.3 is 10.1 Å². The molecule has 0 radical (unpaired) electrons. The molecule has 0 spiro atoms. The van der Waals surface area contributed by atoms with E-state index in [1.807, 2.05) is 4.72 Å². The lowest BCUT2D eigenvalue weighted by Gasteiger charge is -2.14. The summed E-state index contributed by atoms with van der Waals surface area (Å²) in [5.74, 6) is -4.55. The van der Waals surface area contributed by atoms with E-state index in [0.29, 0.717) is 0 Å². The van der Waals surface area contributed by atoms with Gasteiger partial charge in [0, 0.05) is 18.8 Å². The van der Waals surface area contributed by atoms with Crippen molar-refractivity contribution in [3.63, 3.8) is 0 Å². The third kappa shape index (κ3) is 4.23. The lowest BCUT2D eigenvalue weighted by molar-refractivity contribution is 0.0960. The first-order valence-corrected chi connectivity index (χ1v) is 11.5. The average molecular weight is 526 g/mol. The van der Waals surface area contributed by atoms with Gasteiger partial charge in [-0.05, 0) is 30.3 Å². The van der Waals surface area contributed by atoms with E-state index in [-0.39, 0.29) is 22.1 Å². The molecule has 182 valence electrons. The van der Waals surface area contributed by atoms with Gasteiger partial charge in [-0.25, -0.2) is 27.2 Å². The Morgan fingerprint density at radius 1 is 1.14 bits per heavy atom. The van der Waals surface area contributed by atoms with E-state index in [9.17, 15) is 17.6 Å². The molecule has 35 heavy (non-hydrogen) atoms. The lowest BCUT2D eigenvalue weighted by Crippen LogP contribution is -2.18. The highest BCUT2D eigenvalue weighted by atomic mass is 35.5. The molecule has 0 bridgehead atoms. The number of carbonyl (C=O) groups excluding carboxylic acids is 1. The zero-order chi connectivity index (χ0) is 25.5. The number of nitrogens with one attached hydrogen (secondary N) is 2. The summed E-state index contributed by atoms with van der Waals surface area (Å²) in [6.07, 6.45) is 2.14. The first kappa shape index (κ1) is 24.3. The largest absolute Gasteiger partial charge is 0.480 e. The molecule has 14 heteroatoms. The minimum absolute atomic E-state index is 0.0294. The van der Waals surface area contributed by atoms with E-state index in [0.717, 1.165) is 41.2 Å². The lowest BCUT2D eigenvalue weighted by atomic mass is 10.0. The van der Waals surface area contributed by atoms with Gasteiger partial charge in [-0.2, -0.15) is 4.39 Å². The number of ether oxygens (including phenoxy) is 1. The topological polar surface area (TPSA) is 115 Å². The molecule has 3 heterocycles. The van der Waals surface area contributed by atoms with Crippen LogP contribution < -0.4 is 14.8 Å². The van der Waals surface area contributed by atoms with Gasteiger partial charge in [0.1, 0.15) is 12.1 Å². The zero-order valence-corrected chi connectivity index (χ0v) is 19.5. The first-order valence-electron chi connectivity index (χ1n) is 9.67. The summed E-state index contributed by atoms with van der Waals surface area (Å²) in [6.45, 7) is 0. The Morgan fingerprint density at radius 2 is 1.89 bits per heavy atom. The molecule has 0 atom stereocenters. The number of carbonyl (C=O) groups is 1. The van der Waals surface area contributed by atoms with Gasteiger partial charge >= 0.3 is 0 Å². The normalized spacial score (nSPS) is 11.5. The predicted molar refractivity (Wildman–Crippen MR) is 120 cm³/mol. The summed E-state index contributed by atoms with van der Waals surface area (Å²) in [5.41, 5.74) is -2.07. The molecule has 0 aliphatic carbocycles. The number of anilines is 1. The maximum absolute atomic E-state index is 15.4. The molecule has 3 aromatic heterocycles. The minimum atomic E-state index is -4.50. The van der Waals surface area contributed by atoms with E-state index in [2.05, 4.69) is 15.3 Å². The molecule has 4 rings (SSSR count). The van der Waals surface area contributed by atoms with Crippen molar-refractivity contribution in [3.8, 4) is 17.0 Å². The van der Waals surface area contributed by atoms with Crippen molar-refractivity contribution in [1.29, 1.82) is 0 Å². The van der Waals surface area contributed by atoms with Gasteiger partial charge in [-0.3, -0.25) is 13.9 Å². The Morgan fingerprint density at radius 3 is 2.57 bits per heavy atom. The number of methoxy groups -OCH3 is 1. The highest BCUT2D eigenvalue weighted by molar-refractivity contribution is 7.92. The van der Waals surface area contributed by atoms with Crippen LogP contribution in [0.4, 0.5) is 18.9 Å². The zero-order valence-electron chi connectivity index (χ0n) is 17.9. The van der Waals surface area contributed by atoms with Crippen LogP contribution in [0.15, 0.2) is 47.8 Å². The molecule has 0 saturated carbocycles. The second-order valence-corrected chi connectivity index (χ2v) is 9.10. The van der Waals surface area contributed by atoms with Gasteiger partial charge in [-0.15, -0.1) is 0 Å². The monoisotopic (exact) mass is 525 g/mol. The summed E-state index contributed by atoms with van der Waals surface area (Å²) in [7, 11) is -1.96. The highest BCUT2D eigenvalue weighted by Crippen LogP contribution is 2.35. The van der Waals surface area contributed by atoms with Crippen molar-refractivity contribution in [1.82, 2.24) is 19.7 Å². The maximum atomic E-state index is 15.4. The van der Waals surface area contributed by atoms with Crippen LogP contribution in [0.3, 0.4) is 0 Å².